The fraction of sp³-hybridized carbons (Fsp3) is 0.417. The number of carbonyl (C=O) groups excluding carboxylic acids is 1. The van der Waals surface area contributed by atoms with Gasteiger partial charge in [-0.05, 0) is 18.6 Å². The maximum Gasteiger partial charge on any atom is 0.417 e. The number of nitrogens with two attached hydrogens (primary N) is 1. The number of benzene rings is 1. The summed E-state index contributed by atoms with van der Waals surface area (Å²) in [4.78, 5) is 11.2. The first kappa shape index (κ1) is 16.7. The normalized spacial score (nSPS) is 14.8. The molecule has 0 aliphatic rings. The van der Waals surface area contributed by atoms with Crippen molar-refractivity contribution in [3.8, 4) is 0 Å². The van der Waals surface area contributed by atoms with E-state index in [1.807, 2.05) is 0 Å². The molecule has 0 aliphatic heterocycles. The Hall–Kier alpha value is -1.34. The molecule has 1 unspecified atom stereocenters. The lowest BCUT2D eigenvalue weighted by atomic mass is 10.0. The first-order chi connectivity index (χ1) is 9.20. The van der Waals surface area contributed by atoms with Gasteiger partial charge in [0.25, 0.3) is 0 Å². The quantitative estimate of drug-likeness (QED) is 0.685. The lowest BCUT2D eigenvalue weighted by Gasteiger charge is -2.19. The summed E-state index contributed by atoms with van der Waals surface area (Å²) in [5.41, 5.74) is 4.02. The summed E-state index contributed by atoms with van der Waals surface area (Å²) < 4.78 is 56.1. The Labute approximate surface area is 117 Å². The Bertz CT molecular complexity index is 493. The summed E-state index contributed by atoms with van der Waals surface area (Å²) in [6.07, 6.45) is -6.99. The smallest absolute Gasteiger partial charge is 0.417 e. The minimum absolute atomic E-state index is 0.0672. The van der Waals surface area contributed by atoms with Crippen LogP contribution in [0, 0.1) is 0 Å². The molecule has 0 amide bonds. The van der Waals surface area contributed by atoms with E-state index in [4.69, 9.17) is 17.3 Å². The van der Waals surface area contributed by atoms with E-state index in [2.05, 4.69) is 4.74 Å². The number of halogens is 5. The summed E-state index contributed by atoms with van der Waals surface area (Å²) >= 11 is 5.60. The van der Waals surface area contributed by atoms with Crippen LogP contribution in [0.15, 0.2) is 18.2 Å². The fourth-order valence-electron chi connectivity index (χ4n) is 1.55. The SMILES string of the molecule is CCOC(=O)C(F)[C@H](N)c1cccc(C(F)(F)F)c1Cl. The highest BCUT2D eigenvalue weighted by Gasteiger charge is 2.36. The number of rotatable bonds is 4. The molecule has 0 radical (unpaired) electrons. The third-order valence-electron chi connectivity index (χ3n) is 2.52. The van der Waals surface area contributed by atoms with Gasteiger partial charge in [-0.3, -0.25) is 0 Å². The molecule has 0 aromatic heterocycles. The molecule has 0 spiro atoms. The lowest BCUT2D eigenvalue weighted by molar-refractivity contribution is -0.149. The highest BCUT2D eigenvalue weighted by molar-refractivity contribution is 6.32. The van der Waals surface area contributed by atoms with Crippen molar-refractivity contribution in [1.82, 2.24) is 0 Å². The van der Waals surface area contributed by atoms with Crippen molar-refractivity contribution in [3.63, 3.8) is 0 Å². The molecule has 2 N–H and O–H groups in total. The van der Waals surface area contributed by atoms with Gasteiger partial charge in [-0.25, -0.2) is 9.18 Å². The van der Waals surface area contributed by atoms with Gasteiger partial charge < -0.3 is 10.5 Å². The highest BCUT2D eigenvalue weighted by atomic mass is 35.5. The standard InChI is InChI=1S/C12H12ClF4NO2/c1-2-20-11(19)9(14)10(18)6-4-3-5-7(8(6)13)12(15,16)17/h3-5,9-10H,2,18H2,1H3/t9?,10-/m1/s1. The molecule has 0 fully saturated rings. The number of ether oxygens (including phenoxy) is 1. The number of alkyl halides is 4. The van der Waals surface area contributed by atoms with E-state index in [0.717, 1.165) is 18.2 Å². The first-order valence-electron chi connectivity index (χ1n) is 5.62. The minimum atomic E-state index is -4.69. The maximum atomic E-state index is 13.7. The van der Waals surface area contributed by atoms with E-state index in [-0.39, 0.29) is 12.2 Å². The Morgan fingerprint density at radius 1 is 1.45 bits per heavy atom. The van der Waals surface area contributed by atoms with Gasteiger partial charge in [0, 0.05) is 0 Å². The van der Waals surface area contributed by atoms with E-state index in [0.29, 0.717) is 0 Å². The zero-order valence-electron chi connectivity index (χ0n) is 10.4. The largest absolute Gasteiger partial charge is 0.464 e. The van der Waals surface area contributed by atoms with Crippen LogP contribution < -0.4 is 5.73 Å². The minimum Gasteiger partial charge on any atom is -0.464 e. The van der Waals surface area contributed by atoms with Crippen LogP contribution in [0.2, 0.25) is 5.02 Å². The number of hydrogen-bond acceptors (Lipinski definition) is 3. The molecule has 8 heteroatoms. The van der Waals surface area contributed by atoms with E-state index in [1.165, 1.54) is 6.92 Å². The molecule has 3 nitrogen and oxygen atoms in total. The van der Waals surface area contributed by atoms with Crippen LogP contribution in [-0.4, -0.2) is 18.7 Å². The average molecular weight is 314 g/mol. The zero-order chi connectivity index (χ0) is 15.5. The van der Waals surface area contributed by atoms with Gasteiger partial charge in [-0.1, -0.05) is 23.7 Å². The van der Waals surface area contributed by atoms with Gasteiger partial charge in [0.05, 0.1) is 23.2 Å². The molecular formula is C12H12ClF4NO2. The third kappa shape index (κ3) is 3.61. The van der Waals surface area contributed by atoms with Crippen LogP contribution in [0.25, 0.3) is 0 Å². The van der Waals surface area contributed by atoms with E-state index < -0.39 is 34.9 Å². The average Bonchev–Trinajstić information content (AvgIpc) is 2.36. The van der Waals surface area contributed by atoms with Crippen molar-refractivity contribution in [2.75, 3.05) is 6.61 Å². The summed E-state index contributed by atoms with van der Waals surface area (Å²) in [5.74, 6) is -1.24. The van der Waals surface area contributed by atoms with Crippen molar-refractivity contribution in [2.45, 2.75) is 25.3 Å². The molecule has 1 aromatic rings. The van der Waals surface area contributed by atoms with Crippen molar-refractivity contribution >= 4 is 17.6 Å². The lowest BCUT2D eigenvalue weighted by Crippen LogP contribution is -2.32. The van der Waals surface area contributed by atoms with Gasteiger partial charge in [0.15, 0.2) is 0 Å². The Balaban J connectivity index is 3.11. The highest BCUT2D eigenvalue weighted by Crippen LogP contribution is 2.38. The summed E-state index contributed by atoms with van der Waals surface area (Å²) in [7, 11) is 0. The third-order valence-corrected chi connectivity index (χ3v) is 2.94. The van der Waals surface area contributed by atoms with Crippen molar-refractivity contribution in [2.24, 2.45) is 5.73 Å². The van der Waals surface area contributed by atoms with Gasteiger partial charge in [0.1, 0.15) is 0 Å². The zero-order valence-corrected chi connectivity index (χ0v) is 11.1. The maximum absolute atomic E-state index is 13.7. The predicted molar refractivity (Wildman–Crippen MR) is 64.9 cm³/mol. The van der Waals surface area contributed by atoms with Crippen LogP contribution in [0.3, 0.4) is 0 Å². The molecule has 1 aromatic carbocycles. The first-order valence-corrected chi connectivity index (χ1v) is 5.99. The molecule has 0 saturated carbocycles. The number of hydrogen-bond donors (Lipinski definition) is 1. The topological polar surface area (TPSA) is 52.3 Å². The predicted octanol–water partition coefficient (Wildman–Crippen LogP) is 3.26. The second kappa shape index (κ2) is 6.41. The molecule has 0 aliphatic carbocycles. The van der Waals surface area contributed by atoms with Gasteiger partial charge in [-0.15, -0.1) is 0 Å². The molecule has 20 heavy (non-hydrogen) atoms. The summed E-state index contributed by atoms with van der Waals surface area (Å²) in [6.45, 7) is 1.40. The van der Waals surface area contributed by atoms with Gasteiger partial charge >= 0.3 is 12.1 Å². The molecule has 2 atom stereocenters. The second-order valence-electron chi connectivity index (χ2n) is 3.89. The molecule has 1 rings (SSSR count). The van der Waals surface area contributed by atoms with Crippen LogP contribution in [0.5, 0.6) is 0 Å². The molecule has 112 valence electrons. The molecule has 0 bridgehead atoms. The van der Waals surface area contributed by atoms with E-state index in [1.54, 1.807) is 0 Å². The van der Waals surface area contributed by atoms with Crippen molar-refractivity contribution < 1.29 is 27.1 Å². The van der Waals surface area contributed by atoms with Crippen LogP contribution in [0.1, 0.15) is 24.1 Å². The Kier molecular flexibility index (Phi) is 5.35. The van der Waals surface area contributed by atoms with Crippen LogP contribution in [0.4, 0.5) is 17.6 Å². The number of carbonyl (C=O) groups is 1. The second-order valence-corrected chi connectivity index (χ2v) is 4.26. The molecular weight excluding hydrogens is 302 g/mol. The molecule has 0 saturated heterocycles. The van der Waals surface area contributed by atoms with Gasteiger partial charge in [0.2, 0.25) is 6.17 Å². The summed E-state index contributed by atoms with van der Waals surface area (Å²) in [6, 6.07) is 1.29. The fourth-order valence-corrected chi connectivity index (χ4v) is 1.91. The Morgan fingerprint density at radius 2 is 2.05 bits per heavy atom. The van der Waals surface area contributed by atoms with Crippen molar-refractivity contribution in [1.29, 1.82) is 0 Å². The van der Waals surface area contributed by atoms with Crippen LogP contribution >= 0.6 is 11.6 Å². The van der Waals surface area contributed by atoms with Gasteiger partial charge in [-0.2, -0.15) is 13.2 Å². The van der Waals surface area contributed by atoms with Crippen LogP contribution in [-0.2, 0) is 15.7 Å². The Morgan fingerprint density at radius 3 is 2.55 bits per heavy atom. The van der Waals surface area contributed by atoms with Crippen molar-refractivity contribution in [3.05, 3.63) is 34.3 Å². The number of esters is 1. The van der Waals surface area contributed by atoms with E-state index in [9.17, 15) is 22.4 Å². The monoisotopic (exact) mass is 313 g/mol. The van der Waals surface area contributed by atoms with E-state index >= 15 is 0 Å². The molecule has 0 heterocycles. The summed E-state index contributed by atoms with van der Waals surface area (Å²) in [5, 5.41) is -0.723.